The maximum Gasteiger partial charge on any atom is 0.273 e. The van der Waals surface area contributed by atoms with Crippen LogP contribution >= 0.6 is 11.3 Å². The molecule has 19 heavy (non-hydrogen) atoms. The Morgan fingerprint density at radius 2 is 2.53 bits per heavy atom. The summed E-state index contributed by atoms with van der Waals surface area (Å²) in [6.45, 7) is 4.16. The number of hydrogen-bond acceptors (Lipinski definition) is 5. The van der Waals surface area contributed by atoms with Crippen LogP contribution < -0.4 is 5.73 Å². The summed E-state index contributed by atoms with van der Waals surface area (Å²) in [5.41, 5.74) is 6.30. The van der Waals surface area contributed by atoms with Gasteiger partial charge in [-0.05, 0) is 25.7 Å². The second kappa shape index (κ2) is 6.45. The van der Waals surface area contributed by atoms with E-state index in [0.717, 1.165) is 30.9 Å². The number of ether oxygens (including phenoxy) is 1. The monoisotopic (exact) mass is 283 g/mol. The van der Waals surface area contributed by atoms with E-state index in [1.807, 2.05) is 11.8 Å². The second-order valence-corrected chi connectivity index (χ2v) is 5.96. The molecule has 1 saturated heterocycles. The van der Waals surface area contributed by atoms with Crippen LogP contribution in [0.3, 0.4) is 0 Å². The molecule has 6 heteroatoms. The molecule has 1 aliphatic heterocycles. The average Bonchev–Trinajstić information content (AvgIpc) is 2.88. The van der Waals surface area contributed by atoms with Gasteiger partial charge in [-0.1, -0.05) is 0 Å². The van der Waals surface area contributed by atoms with E-state index in [9.17, 15) is 4.79 Å². The van der Waals surface area contributed by atoms with Crippen molar-refractivity contribution in [2.75, 3.05) is 26.8 Å². The topological polar surface area (TPSA) is 68.5 Å². The van der Waals surface area contributed by atoms with Crippen molar-refractivity contribution in [2.24, 2.45) is 11.7 Å². The summed E-state index contributed by atoms with van der Waals surface area (Å²) in [5, 5.41) is 2.62. The zero-order valence-electron chi connectivity index (χ0n) is 11.5. The van der Waals surface area contributed by atoms with Gasteiger partial charge in [-0.25, -0.2) is 4.98 Å². The maximum absolute atomic E-state index is 12.4. The van der Waals surface area contributed by atoms with Gasteiger partial charge in [0.25, 0.3) is 5.91 Å². The fourth-order valence-electron chi connectivity index (χ4n) is 2.38. The van der Waals surface area contributed by atoms with Crippen LogP contribution in [0.2, 0.25) is 0 Å². The summed E-state index contributed by atoms with van der Waals surface area (Å²) in [4.78, 5) is 18.6. The predicted octanol–water partition coefficient (Wildman–Crippen LogP) is 1.66. The molecule has 2 atom stereocenters. The highest BCUT2D eigenvalue weighted by Crippen LogP contribution is 2.21. The molecule has 0 spiro atoms. The molecule has 1 fully saturated rings. The first-order chi connectivity index (χ1) is 9.11. The third-order valence-electron chi connectivity index (χ3n) is 3.34. The summed E-state index contributed by atoms with van der Waals surface area (Å²) in [7, 11) is 1.70. The summed E-state index contributed by atoms with van der Waals surface area (Å²) >= 11 is 1.45. The normalized spacial score (nSPS) is 21.4. The van der Waals surface area contributed by atoms with Gasteiger partial charge >= 0.3 is 0 Å². The Morgan fingerprint density at radius 3 is 3.16 bits per heavy atom. The highest BCUT2D eigenvalue weighted by Gasteiger charge is 2.26. The van der Waals surface area contributed by atoms with Crippen molar-refractivity contribution < 1.29 is 9.53 Å². The van der Waals surface area contributed by atoms with E-state index < -0.39 is 0 Å². The summed E-state index contributed by atoms with van der Waals surface area (Å²) < 4.78 is 5.18. The molecule has 0 bridgehead atoms. The van der Waals surface area contributed by atoms with Crippen LogP contribution in [0.5, 0.6) is 0 Å². The molecule has 1 aliphatic rings. The Bertz CT molecular complexity index is 431. The lowest BCUT2D eigenvalue weighted by Crippen LogP contribution is -2.41. The van der Waals surface area contributed by atoms with Crippen molar-refractivity contribution in [3.63, 3.8) is 0 Å². The fraction of sp³-hybridized carbons (Fsp3) is 0.692. The molecule has 0 aliphatic carbocycles. The Labute approximate surface area is 117 Å². The van der Waals surface area contributed by atoms with Gasteiger partial charge in [-0.2, -0.15) is 0 Å². The zero-order chi connectivity index (χ0) is 13.8. The molecule has 2 N–H and O–H groups in total. The van der Waals surface area contributed by atoms with Crippen molar-refractivity contribution in [3.05, 3.63) is 16.1 Å². The SMILES string of the molecule is COCC1CCCN(C(=O)c2csc(C(C)N)n2)C1. The maximum atomic E-state index is 12.4. The first-order valence-electron chi connectivity index (χ1n) is 6.61. The minimum Gasteiger partial charge on any atom is -0.384 e. The van der Waals surface area contributed by atoms with Gasteiger partial charge in [0.05, 0.1) is 12.6 Å². The molecule has 1 amide bonds. The summed E-state index contributed by atoms with van der Waals surface area (Å²) in [5.74, 6) is 0.457. The lowest BCUT2D eigenvalue weighted by Gasteiger charge is -2.31. The number of likely N-dealkylation sites (tertiary alicyclic amines) is 1. The number of carbonyl (C=O) groups is 1. The van der Waals surface area contributed by atoms with E-state index >= 15 is 0 Å². The molecular weight excluding hydrogens is 262 g/mol. The van der Waals surface area contributed by atoms with Gasteiger partial charge in [-0.3, -0.25) is 4.79 Å². The highest BCUT2D eigenvalue weighted by molar-refractivity contribution is 7.09. The van der Waals surface area contributed by atoms with E-state index in [4.69, 9.17) is 10.5 Å². The number of hydrogen-bond donors (Lipinski definition) is 1. The quantitative estimate of drug-likeness (QED) is 0.912. The van der Waals surface area contributed by atoms with Crippen LogP contribution in [0.4, 0.5) is 0 Å². The van der Waals surface area contributed by atoms with Crippen LogP contribution in [0.15, 0.2) is 5.38 Å². The number of carbonyl (C=O) groups excluding carboxylic acids is 1. The third-order valence-corrected chi connectivity index (χ3v) is 4.38. The molecule has 5 nitrogen and oxygen atoms in total. The van der Waals surface area contributed by atoms with Gasteiger partial charge in [0.15, 0.2) is 0 Å². The van der Waals surface area contributed by atoms with Crippen molar-refractivity contribution in [2.45, 2.75) is 25.8 Å². The van der Waals surface area contributed by atoms with Crippen LogP contribution in [-0.2, 0) is 4.74 Å². The van der Waals surface area contributed by atoms with Gasteiger partial charge in [0.2, 0.25) is 0 Å². The molecule has 106 valence electrons. The van der Waals surface area contributed by atoms with Gasteiger partial charge in [0.1, 0.15) is 10.7 Å². The lowest BCUT2D eigenvalue weighted by molar-refractivity contribution is 0.0566. The van der Waals surface area contributed by atoms with Gasteiger partial charge in [0, 0.05) is 25.6 Å². The van der Waals surface area contributed by atoms with Crippen molar-refractivity contribution >= 4 is 17.2 Å². The van der Waals surface area contributed by atoms with Crippen LogP contribution in [0, 0.1) is 5.92 Å². The van der Waals surface area contributed by atoms with Crippen LogP contribution in [-0.4, -0.2) is 42.6 Å². The number of nitrogens with zero attached hydrogens (tertiary/aromatic N) is 2. The van der Waals surface area contributed by atoms with E-state index in [2.05, 4.69) is 4.98 Å². The number of piperidine rings is 1. The average molecular weight is 283 g/mol. The van der Waals surface area contributed by atoms with Crippen molar-refractivity contribution in [1.82, 2.24) is 9.88 Å². The molecule has 1 aromatic rings. The summed E-state index contributed by atoms with van der Waals surface area (Å²) in [6.07, 6.45) is 2.16. The molecule has 2 heterocycles. The molecule has 1 aromatic heterocycles. The van der Waals surface area contributed by atoms with Crippen LogP contribution in [0.1, 0.15) is 41.3 Å². The number of thiazole rings is 1. The molecule has 0 aromatic carbocycles. The van der Waals surface area contributed by atoms with Crippen LogP contribution in [0.25, 0.3) is 0 Å². The predicted molar refractivity (Wildman–Crippen MR) is 75.2 cm³/mol. The molecule has 2 rings (SSSR count). The number of amides is 1. The van der Waals surface area contributed by atoms with Crippen molar-refractivity contribution in [3.8, 4) is 0 Å². The Hall–Kier alpha value is -0.980. The van der Waals surface area contributed by atoms with E-state index in [0.29, 0.717) is 18.2 Å². The Balaban J connectivity index is 2.01. The highest BCUT2D eigenvalue weighted by atomic mass is 32.1. The lowest BCUT2D eigenvalue weighted by atomic mass is 9.99. The molecule has 2 unspecified atom stereocenters. The number of nitrogens with two attached hydrogens (primary N) is 1. The van der Waals surface area contributed by atoms with E-state index in [1.165, 1.54) is 11.3 Å². The second-order valence-electron chi connectivity index (χ2n) is 5.07. The third kappa shape index (κ3) is 3.52. The first-order valence-corrected chi connectivity index (χ1v) is 7.49. The number of methoxy groups -OCH3 is 1. The van der Waals surface area contributed by atoms with Gasteiger partial charge < -0.3 is 15.4 Å². The van der Waals surface area contributed by atoms with Gasteiger partial charge in [-0.15, -0.1) is 11.3 Å². The molecular formula is C13H21N3O2S. The largest absolute Gasteiger partial charge is 0.384 e. The first kappa shape index (κ1) is 14.4. The standard InChI is InChI=1S/C13H21N3O2S/c1-9(14)12-15-11(8-19-12)13(17)16-5-3-4-10(6-16)7-18-2/h8-10H,3-7,14H2,1-2H3. The summed E-state index contributed by atoms with van der Waals surface area (Å²) in [6, 6.07) is -0.117. The fourth-order valence-corrected chi connectivity index (χ4v) is 3.13. The minimum absolute atomic E-state index is 0.0175. The number of rotatable bonds is 4. The molecule has 0 saturated carbocycles. The zero-order valence-corrected chi connectivity index (χ0v) is 12.3. The van der Waals surface area contributed by atoms with E-state index in [1.54, 1.807) is 12.5 Å². The van der Waals surface area contributed by atoms with Crippen molar-refractivity contribution in [1.29, 1.82) is 0 Å². The van der Waals surface area contributed by atoms with E-state index in [-0.39, 0.29) is 11.9 Å². The minimum atomic E-state index is -0.117. The number of aromatic nitrogens is 1. The molecule has 0 radical (unpaired) electrons. The Kier molecular flexibility index (Phi) is 4.90. The Morgan fingerprint density at radius 1 is 1.74 bits per heavy atom. The smallest absolute Gasteiger partial charge is 0.273 e.